The van der Waals surface area contributed by atoms with Crippen LogP contribution in [0.5, 0.6) is 0 Å². The summed E-state index contributed by atoms with van der Waals surface area (Å²) >= 11 is 0. The second-order valence-corrected chi connectivity index (χ2v) is 16.9. The van der Waals surface area contributed by atoms with E-state index >= 15 is 0 Å². The van der Waals surface area contributed by atoms with Crippen molar-refractivity contribution in [2.75, 3.05) is 12.3 Å². The van der Waals surface area contributed by atoms with Gasteiger partial charge in [-0.05, 0) is 43.8 Å². The quantitative estimate of drug-likeness (QED) is 0.588. The summed E-state index contributed by atoms with van der Waals surface area (Å²) in [5.74, 6) is 0.000509. The van der Waals surface area contributed by atoms with Gasteiger partial charge in [-0.15, -0.1) is 0 Å². The third-order valence-corrected chi connectivity index (χ3v) is 12.6. The van der Waals surface area contributed by atoms with Crippen LogP contribution in [0, 0.1) is 11.8 Å². The molecule has 0 saturated carbocycles. The van der Waals surface area contributed by atoms with E-state index in [1.807, 2.05) is 18.4 Å². The Labute approximate surface area is 203 Å². The summed E-state index contributed by atoms with van der Waals surface area (Å²) in [6.45, 7) is 22.2. The van der Waals surface area contributed by atoms with E-state index in [0.717, 1.165) is 0 Å². The standard InChI is InChI=1S/C24H41N5O4Si/c1-14(2)15(3)24-18(32-23(7,8)33-24)16(11-30-34(9,10)22(4,5)6)31-21(24)29-13-28-17-19(25)26-12-27-20(17)29/h12-16,18,21H,11H2,1-10H3,(H2,25,26,27)/t15?,16-,18-,21-,24-/m1/s1. The second-order valence-electron chi connectivity index (χ2n) is 12.1. The zero-order valence-corrected chi connectivity index (χ0v) is 23.2. The zero-order valence-electron chi connectivity index (χ0n) is 22.2. The van der Waals surface area contributed by atoms with E-state index in [2.05, 4.69) is 69.6 Å². The molecule has 2 N–H and O–H groups in total. The summed E-state index contributed by atoms with van der Waals surface area (Å²) in [6.07, 6.45) is 2.04. The predicted molar refractivity (Wildman–Crippen MR) is 134 cm³/mol. The largest absolute Gasteiger partial charge is 0.414 e. The summed E-state index contributed by atoms with van der Waals surface area (Å²) in [5, 5.41) is 0.0919. The molecule has 0 bridgehead atoms. The van der Waals surface area contributed by atoms with Crippen LogP contribution >= 0.6 is 0 Å². The highest BCUT2D eigenvalue weighted by Crippen LogP contribution is 2.57. The van der Waals surface area contributed by atoms with Crippen LogP contribution in [0.25, 0.3) is 11.2 Å². The van der Waals surface area contributed by atoms with E-state index in [1.54, 1.807) is 6.33 Å². The number of rotatable bonds is 6. The molecule has 2 aliphatic heterocycles. The lowest BCUT2D eigenvalue weighted by Gasteiger charge is -2.40. The maximum atomic E-state index is 6.81. The molecule has 1 unspecified atom stereocenters. The number of fused-ring (bicyclic) bond motifs is 2. The van der Waals surface area contributed by atoms with Crippen LogP contribution in [-0.4, -0.2) is 58.0 Å². The molecule has 2 aromatic rings. The van der Waals surface area contributed by atoms with Crippen LogP contribution in [-0.2, 0) is 18.6 Å². The summed E-state index contributed by atoms with van der Waals surface area (Å²) in [7, 11) is -2.00. The highest BCUT2D eigenvalue weighted by Gasteiger charge is 2.69. The fourth-order valence-corrected chi connectivity index (χ4v) is 5.88. The van der Waals surface area contributed by atoms with Gasteiger partial charge in [0.15, 0.2) is 31.8 Å². The number of anilines is 1. The number of ether oxygens (including phenoxy) is 3. The average molecular weight is 492 g/mol. The predicted octanol–water partition coefficient (Wildman–Crippen LogP) is 4.51. The van der Waals surface area contributed by atoms with Gasteiger partial charge in [-0.25, -0.2) is 15.0 Å². The van der Waals surface area contributed by atoms with Gasteiger partial charge in [0, 0.05) is 0 Å². The molecule has 10 heteroatoms. The Morgan fingerprint density at radius 2 is 1.85 bits per heavy atom. The molecule has 2 aromatic heterocycles. The van der Waals surface area contributed by atoms with Crippen molar-refractivity contribution in [1.82, 2.24) is 19.5 Å². The molecule has 5 atom stereocenters. The van der Waals surface area contributed by atoms with E-state index < -0.39 is 25.9 Å². The van der Waals surface area contributed by atoms with Gasteiger partial charge in [0.2, 0.25) is 0 Å². The minimum atomic E-state index is -2.00. The zero-order chi connectivity index (χ0) is 25.3. The van der Waals surface area contributed by atoms with E-state index in [0.29, 0.717) is 29.5 Å². The van der Waals surface area contributed by atoms with E-state index in [-0.39, 0.29) is 23.2 Å². The molecule has 4 heterocycles. The Balaban J connectivity index is 1.80. The van der Waals surface area contributed by atoms with Crippen LogP contribution in [0.15, 0.2) is 12.7 Å². The number of aromatic nitrogens is 4. The van der Waals surface area contributed by atoms with Crippen LogP contribution < -0.4 is 5.73 Å². The fraction of sp³-hybridized carbons (Fsp3) is 0.792. The number of nitrogens with two attached hydrogens (primary N) is 1. The molecule has 2 fully saturated rings. The van der Waals surface area contributed by atoms with E-state index in [1.165, 1.54) is 6.33 Å². The van der Waals surface area contributed by atoms with Crippen molar-refractivity contribution >= 4 is 25.3 Å². The highest BCUT2D eigenvalue weighted by molar-refractivity contribution is 6.74. The van der Waals surface area contributed by atoms with Gasteiger partial charge in [-0.1, -0.05) is 41.5 Å². The first kappa shape index (κ1) is 25.5. The molecule has 9 nitrogen and oxygen atoms in total. The number of nitrogen functional groups attached to an aromatic ring is 1. The van der Waals surface area contributed by atoms with Crippen molar-refractivity contribution in [3.63, 3.8) is 0 Å². The molecule has 0 radical (unpaired) electrons. The Bertz CT molecular complexity index is 1050. The van der Waals surface area contributed by atoms with Crippen molar-refractivity contribution in [3.8, 4) is 0 Å². The Hall–Kier alpha value is -1.59. The molecular formula is C24H41N5O4Si. The van der Waals surface area contributed by atoms with Gasteiger partial charge in [0.05, 0.1) is 12.9 Å². The van der Waals surface area contributed by atoms with Crippen molar-refractivity contribution in [2.45, 2.75) is 103 Å². The molecule has 190 valence electrons. The van der Waals surface area contributed by atoms with E-state index in [9.17, 15) is 0 Å². The minimum absolute atomic E-state index is 0.0919. The molecule has 0 aliphatic carbocycles. The molecule has 0 aromatic carbocycles. The lowest BCUT2D eigenvalue weighted by molar-refractivity contribution is -0.232. The molecule has 2 aliphatic rings. The maximum Gasteiger partial charge on any atom is 0.192 e. The molecule has 0 amide bonds. The van der Waals surface area contributed by atoms with Crippen LogP contribution in [0.4, 0.5) is 5.82 Å². The minimum Gasteiger partial charge on any atom is -0.414 e. The Kier molecular flexibility index (Phi) is 6.17. The van der Waals surface area contributed by atoms with Gasteiger partial charge in [0.25, 0.3) is 0 Å². The van der Waals surface area contributed by atoms with Crippen molar-refractivity contribution < 1.29 is 18.6 Å². The molecular weight excluding hydrogens is 450 g/mol. The molecule has 4 rings (SSSR count). The molecule has 2 saturated heterocycles. The van der Waals surface area contributed by atoms with Crippen LogP contribution in [0.1, 0.15) is 61.6 Å². The topological polar surface area (TPSA) is 107 Å². The molecule has 34 heavy (non-hydrogen) atoms. The average Bonchev–Trinajstić information content (AvgIpc) is 3.34. The first-order chi connectivity index (χ1) is 15.6. The number of imidazole rings is 1. The third-order valence-electron chi connectivity index (χ3n) is 8.07. The van der Waals surface area contributed by atoms with Gasteiger partial charge in [-0.3, -0.25) is 4.57 Å². The number of hydrogen-bond donors (Lipinski definition) is 1. The summed E-state index contributed by atoms with van der Waals surface area (Å²) in [4.78, 5) is 13.1. The normalized spacial score (nSPS) is 30.3. The second kappa shape index (κ2) is 8.23. The lowest BCUT2D eigenvalue weighted by Crippen LogP contribution is -2.52. The smallest absolute Gasteiger partial charge is 0.192 e. The highest BCUT2D eigenvalue weighted by atomic mass is 28.4. The summed E-state index contributed by atoms with van der Waals surface area (Å²) in [5.41, 5.74) is 6.49. The van der Waals surface area contributed by atoms with Crippen molar-refractivity contribution in [2.24, 2.45) is 11.8 Å². The summed E-state index contributed by atoms with van der Waals surface area (Å²) < 4.78 is 28.7. The first-order valence-corrected chi connectivity index (χ1v) is 15.1. The van der Waals surface area contributed by atoms with Crippen molar-refractivity contribution in [1.29, 1.82) is 0 Å². The van der Waals surface area contributed by atoms with Gasteiger partial charge < -0.3 is 24.4 Å². The van der Waals surface area contributed by atoms with Gasteiger partial charge in [-0.2, -0.15) is 0 Å². The molecule has 0 spiro atoms. The van der Waals surface area contributed by atoms with Crippen LogP contribution in [0.2, 0.25) is 18.1 Å². The summed E-state index contributed by atoms with van der Waals surface area (Å²) in [6, 6.07) is 0. The monoisotopic (exact) mass is 491 g/mol. The Morgan fingerprint density at radius 3 is 2.47 bits per heavy atom. The van der Waals surface area contributed by atoms with Gasteiger partial charge in [0.1, 0.15) is 29.7 Å². The van der Waals surface area contributed by atoms with E-state index in [4.69, 9.17) is 24.4 Å². The van der Waals surface area contributed by atoms with Crippen molar-refractivity contribution in [3.05, 3.63) is 12.7 Å². The first-order valence-electron chi connectivity index (χ1n) is 12.2. The number of hydrogen-bond acceptors (Lipinski definition) is 8. The fourth-order valence-electron chi connectivity index (χ4n) is 4.86. The Morgan fingerprint density at radius 1 is 1.18 bits per heavy atom. The lowest BCUT2D eigenvalue weighted by atomic mass is 9.76. The van der Waals surface area contributed by atoms with Crippen LogP contribution in [0.3, 0.4) is 0 Å². The van der Waals surface area contributed by atoms with Gasteiger partial charge >= 0.3 is 0 Å². The third kappa shape index (κ3) is 3.97. The maximum absolute atomic E-state index is 6.81. The SMILES string of the molecule is CC(C)C(C)[C@@]12OC(C)(C)O[C@@H]1[C@@H](CO[Si](C)(C)C(C)(C)C)O[C@H]2n1cnc2c(N)ncnc21. The number of nitrogens with zero attached hydrogens (tertiary/aromatic N) is 4.